The van der Waals surface area contributed by atoms with Gasteiger partial charge in [-0.15, -0.1) is 0 Å². The average Bonchev–Trinajstić information content (AvgIpc) is 2.82. The lowest BCUT2D eigenvalue weighted by molar-refractivity contribution is 0.244. The smallest absolute Gasteiger partial charge is 0.203 e. The summed E-state index contributed by atoms with van der Waals surface area (Å²) in [6.07, 6.45) is 2.82. The first kappa shape index (κ1) is 23.0. The van der Waals surface area contributed by atoms with Crippen LogP contribution in [0.25, 0.3) is 0 Å². The van der Waals surface area contributed by atoms with Crippen molar-refractivity contribution < 1.29 is 14.2 Å². The number of ether oxygens (including phenoxy) is 3. The van der Waals surface area contributed by atoms with Crippen LogP contribution in [-0.2, 0) is 0 Å². The van der Waals surface area contributed by atoms with E-state index >= 15 is 0 Å². The second-order valence-electron chi connectivity index (χ2n) is 7.61. The van der Waals surface area contributed by atoms with Gasteiger partial charge in [-0.3, -0.25) is 0 Å². The van der Waals surface area contributed by atoms with Crippen LogP contribution in [0.1, 0.15) is 40.0 Å². The van der Waals surface area contributed by atoms with Gasteiger partial charge in [0.15, 0.2) is 11.5 Å². The third kappa shape index (κ3) is 5.92. The predicted octanol–water partition coefficient (Wildman–Crippen LogP) is 4.30. The van der Waals surface area contributed by atoms with E-state index < -0.39 is 8.80 Å². The second kappa shape index (κ2) is 12.2. The summed E-state index contributed by atoms with van der Waals surface area (Å²) >= 11 is 0. The van der Waals surface area contributed by atoms with Crippen LogP contribution in [0, 0.1) is 0 Å². The van der Waals surface area contributed by atoms with Gasteiger partial charge in [-0.25, -0.2) is 0 Å². The van der Waals surface area contributed by atoms with E-state index in [-0.39, 0.29) is 0 Å². The number of rotatable bonds is 12. The third-order valence-corrected chi connectivity index (χ3v) is 8.23. The van der Waals surface area contributed by atoms with Gasteiger partial charge in [0.1, 0.15) is 8.80 Å². The van der Waals surface area contributed by atoms with Crippen molar-refractivity contribution in [2.75, 3.05) is 19.8 Å². The Morgan fingerprint density at radius 3 is 1.55 bits per heavy atom. The van der Waals surface area contributed by atoms with Crippen LogP contribution in [0.2, 0.25) is 0 Å². The Balaban J connectivity index is 2.19. The van der Waals surface area contributed by atoms with Crippen molar-refractivity contribution in [3.05, 3.63) is 72.8 Å². The largest absolute Gasteiger partial charge is 0.490 e. The zero-order valence-corrected chi connectivity index (χ0v) is 20.1. The minimum absolute atomic E-state index is 0.636. The van der Waals surface area contributed by atoms with Crippen LogP contribution in [0.15, 0.2) is 72.8 Å². The highest BCUT2D eigenvalue weighted by molar-refractivity contribution is 6.96. The van der Waals surface area contributed by atoms with Crippen molar-refractivity contribution in [3.63, 3.8) is 0 Å². The van der Waals surface area contributed by atoms with Crippen LogP contribution in [0.4, 0.5) is 0 Å². The van der Waals surface area contributed by atoms with E-state index in [0.717, 1.165) is 36.5 Å². The highest BCUT2D eigenvalue weighted by Gasteiger charge is 2.27. The Morgan fingerprint density at radius 1 is 0.548 bits per heavy atom. The van der Waals surface area contributed by atoms with E-state index in [1.54, 1.807) is 0 Å². The molecule has 0 aliphatic heterocycles. The Kier molecular flexibility index (Phi) is 9.04. The van der Waals surface area contributed by atoms with Crippen molar-refractivity contribution in [2.45, 2.75) is 40.0 Å². The number of benzene rings is 3. The Hall–Kier alpha value is -2.72. The minimum Gasteiger partial charge on any atom is -0.490 e. The van der Waals surface area contributed by atoms with Crippen LogP contribution < -0.4 is 29.8 Å². The second-order valence-corrected chi connectivity index (χ2v) is 10.4. The van der Waals surface area contributed by atoms with E-state index in [1.165, 1.54) is 15.6 Å². The highest BCUT2D eigenvalue weighted by Crippen LogP contribution is 2.37. The van der Waals surface area contributed by atoms with E-state index in [2.05, 4.69) is 93.6 Å². The van der Waals surface area contributed by atoms with Crippen LogP contribution in [-0.4, -0.2) is 28.6 Å². The maximum Gasteiger partial charge on any atom is 0.203 e. The molecule has 0 spiro atoms. The first-order chi connectivity index (χ1) is 15.3. The summed E-state index contributed by atoms with van der Waals surface area (Å²) < 4.78 is 18.7. The van der Waals surface area contributed by atoms with Gasteiger partial charge in [-0.05, 0) is 30.5 Å². The lowest BCUT2D eigenvalue weighted by Gasteiger charge is -2.24. The third-order valence-electron chi connectivity index (χ3n) is 5.05. The summed E-state index contributed by atoms with van der Waals surface area (Å²) in [4.78, 5) is 0. The van der Waals surface area contributed by atoms with Crippen LogP contribution in [0.5, 0.6) is 17.2 Å². The summed E-state index contributed by atoms with van der Waals surface area (Å²) in [5.74, 6) is 2.39. The molecule has 4 heteroatoms. The van der Waals surface area contributed by atoms with Gasteiger partial charge < -0.3 is 14.2 Å². The molecule has 0 aliphatic carbocycles. The van der Waals surface area contributed by atoms with E-state index in [1.807, 2.05) is 0 Å². The number of hydrogen-bond donors (Lipinski definition) is 0. The van der Waals surface area contributed by atoms with Gasteiger partial charge in [0.05, 0.1) is 19.8 Å². The SMILES string of the molecule is CCCOc1ccc([SiH](c2ccccc2)c2ccccc2)c(OCCC)c1OCCC. The Bertz CT molecular complexity index is 873. The first-order valence-electron chi connectivity index (χ1n) is 11.4. The molecule has 3 rings (SSSR count). The fraction of sp³-hybridized carbons (Fsp3) is 0.333. The predicted molar refractivity (Wildman–Crippen MR) is 133 cm³/mol. The van der Waals surface area contributed by atoms with E-state index in [9.17, 15) is 0 Å². The molecule has 0 radical (unpaired) electrons. The average molecular weight is 435 g/mol. The van der Waals surface area contributed by atoms with Gasteiger partial charge in [-0.1, -0.05) is 97.9 Å². The number of hydrogen-bond acceptors (Lipinski definition) is 3. The molecule has 0 fully saturated rings. The van der Waals surface area contributed by atoms with Crippen LogP contribution in [0.3, 0.4) is 0 Å². The maximum atomic E-state index is 6.39. The molecule has 0 aromatic heterocycles. The summed E-state index contributed by atoms with van der Waals surface area (Å²) in [6.45, 7) is 8.31. The molecule has 0 heterocycles. The van der Waals surface area contributed by atoms with Gasteiger partial charge in [0.2, 0.25) is 5.75 Å². The molecule has 0 amide bonds. The molecule has 0 atom stereocenters. The zero-order chi connectivity index (χ0) is 21.9. The van der Waals surface area contributed by atoms with Gasteiger partial charge >= 0.3 is 0 Å². The van der Waals surface area contributed by atoms with Crippen LogP contribution >= 0.6 is 0 Å². The quantitative estimate of drug-likeness (QED) is 0.314. The molecule has 0 unspecified atom stereocenters. The normalized spacial score (nSPS) is 10.8. The Labute approximate surface area is 188 Å². The fourth-order valence-corrected chi connectivity index (χ4v) is 6.73. The summed E-state index contributed by atoms with van der Waals surface area (Å²) in [5.41, 5.74) is 0. The molecule has 0 bridgehead atoms. The summed E-state index contributed by atoms with van der Waals surface area (Å²) in [6, 6.07) is 25.9. The summed E-state index contributed by atoms with van der Waals surface area (Å²) in [7, 11) is -1.76. The molecule has 0 aliphatic rings. The Morgan fingerprint density at radius 2 is 1.03 bits per heavy atom. The van der Waals surface area contributed by atoms with Crippen molar-refractivity contribution in [2.24, 2.45) is 0 Å². The zero-order valence-electron chi connectivity index (χ0n) is 19.0. The lowest BCUT2D eigenvalue weighted by atomic mass is 10.2. The van der Waals surface area contributed by atoms with Gasteiger partial charge in [-0.2, -0.15) is 0 Å². The maximum absolute atomic E-state index is 6.39. The van der Waals surface area contributed by atoms with Gasteiger partial charge in [0.25, 0.3) is 0 Å². The topological polar surface area (TPSA) is 27.7 Å². The molecule has 3 nitrogen and oxygen atoms in total. The molecule has 3 aromatic rings. The van der Waals surface area contributed by atoms with Crippen molar-refractivity contribution in [1.29, 1.82) is 0 Å². The molecular weight excluding hydrogens is 400 g/mol. The molecule has 3 aromatic carbocycles. The first-order valence-corrected chi connectivity index (χ1v) is 13.2. The van der Waals surface area contributed by atoms with Crippen molar-refractivity contribution >= 4 is 24.4 Å². The van der Waals surface area contributed by atoms with Crippen molar-refractivity contribution in [1.82, 2.24) is 0 Å². The molecular formula is C27H34O3Si. The van der Waals surface area contributed by atoms with Gasteiger partial charge in [0, 0.05) is 0 Å². The van der Waals surface area contributed by atoms with Crippen molar-refractivity contribution in [3.8, 4) is 17.2 Å². The molecule has 0 saturated carbocycles. The molecule has 0 saturated heterocycles. The molecule has 31 heavy (non-hydrogen) atoms. The minimum atomic E-state index is -1.76. The van der Waals surface area contributed by atoms with E-state index in [4.69, 9.17) is 14.2 Å². The van der Waals surface area contributed by atoms with E-state index in [0.29, 0.717) is 19.8 Å². The summed E-state index contributed by atoms with van der Waals surface area (Å²) in [5, 5.41) is 3.96. The molecule has 0 N–H and O–H groups in total. The fourth-order valence-electron chi connectivity index (χ4n) is 3.65. The standard InChI is InChI=1S/C27H34O3Si/c1-4-19-28-24-17-18-25(27(30-21-6-3)26(24)29-20-5-2)31(22-13-9-7-10-14-22)23-15-11-8-12-16-23/h7-18,31H,4-6,19-21H2,1-3H3. The molecule has 164 valence electrons. The lowest BCUT2D eigenvalue weighted by Crippen LogP contribution is -2.52. The monoisotopic (exact) mass is 434 g/mol. The highest BCUT2D eigenvalue weighted by atomic mass is 28.3.